The summed E-state index contributed by atoms with van der Waals surface area (Å²) in [5.41, 5.74) is 2.06. The number of nitro groups is 1. The molecular weight excluding hydrogens is 302 g/mol. The van der Waals surface area contributed by atoms with Gasteiger partial charge in [-0.3, -0.25) is 14.9 Å². The number of nitrogens with zero attached hydrogens (tertiary/aromatic N) is 2. The maximum Gasteiger partial charge on any atom is 0.293 e. The highest BCUT2D eigenvalue weighted by Gasteiger charge is 2.25. The molecule has 7 heteroatoms. The monoisotopic (exact) mass is 317 g/mol. The van der Waals surface area contributed by atoms with Crippen LogP contribution in [0, 0.1) is 10.1 Å². The topological polar surface area (TPSA) is 75.5 Å². The van der Waals surface area contributed by atoms with E-state index in [-0.39, 0.29) is 11.6 Å². The lowest BCUT2D eigenvalue weighted by molar-refractivity contribution is -0.384. The SMILES string of the molecule is CNC(=O)c1ccc(N2CCc3sccc3C2)c([N+](=O)[O-])c1. The van der Waals surface area contributed by atoms with Gasteiger partial charge in [0.25, 0.3) is 11.6 Å². The molecule has 0 spiro atoms. The molecule has 1 amide bonds. The summed E-state index contributed by atoms with van der Waals surface area (Å²) in [6.07, 6.45) is 0.890. The fourth-order valence-electron chi connectivity index (χ4n) is 2.68. The van der Waals surface area contributed by atoms with Crippen LogP contribution in [-0.2, 0) is 13.0 Å². The summed E-state index contributed by atoms with van der Waals surface area (Å²) in [5, 5.41) is 15.9. The molecule has 2 aromatic rings. The summed E-state index contributed by atoms with van der Waals surface area (Å²) in [6, 6.07) is 6.71. The predicted molar refractivity (Wildman–Crippen MR) is 85.6 cm³/mol. The van der Waals surface area contributed by atoms with Gasteiger partial charge in [0.05, 0.1) is 4.92 Å². The zero-order chi connectivity index (χ0) is 15.7. The molecule has 1 aromatic heterocycles. The van der Waals surface area contributed by atoms with Crippen LogP contribution in [0.25, 0.3) is 0 Å². The maximum absolute atomic E-state index is 11.7. The molecule has 1 aliphatic rings. The van der Waals surface area contributed by atoms with Crippen molar-refractivity contribution in [1.82, 2.24) is 5.32 Å². The second-order valence-electron chi connectivity index (χ2n) is 5.08. The molecule has 0 saturated carbocycles. The average Bonchev–Trinajstić information content (AvgIpc) is 3.01. The molecule has 114 valence electrons. The van der Waals surface area contributed by atoms with Gasteiger partial charge < -0.3 is 10.2 Å². The Balaban J connectivity index is 1.97. The van der Waals surface area contributed by atoms with Crippen molar-refractivity contribution in [2.45, 2.75) is 13.0 Å². The van der Waals surface area contributed by atoms with Crippen molar-refractivity contribution >= 4 is 28.6 Å². The Morgan fingerprint density at radius 1 is 1.41 bits per heavy atom. The summed E-state index contributed by atoms with van der Waals surface area (Å²) >= 11 is 1.73. The Kier molecular flexibility index (Phi) is 3.81. The number of amides is 1. The first kappa shape index (κ1) is 14.5. The van der Waals surface area contributed by atoms with Gasteiger partial charge >= 0.3 is 0 Å². The minimum Gasteiger partial charge on any atom is -0.361 e. The molecular formula is C15H15N3O3S. The standard InChI is InChI=1S/C15H15N3O3S/c1-16-15(19)10-2-3-12(13(8-10)18(20)21)17-6-4-14-11(9-17)5-7-22-14/h2-3,5,7-8H,4,6,9H2,1H3,(H,16,19). The third kappa shape index (κ3) is 2.55. The van der Waals surface area contributed by atoms with Crippen LogP contribution in [0.15, 0.2) is 29.6 Å². The molecule has 0 atom stereocenters. The number of fused-ring (bicyclic) bond motifs is 1. The molecule has 0 saturated heterocycles. The Morgan fingerprint density at radius 2 is 2.23 bits per heavy atom. The molecule has 0 radical (unpaired) electrons. The van der Waals surface area contributed by atoms with Crippen molar-refractivity contribution in [1.29, 1.82) is 0 Å². The van der Waals surface area contributed by atoms with E-state index >= 15 is 0 Å². The number of carbonyl (C=O) groups excluding carboxylic acids is 1. The highest BCUT2D eigenvalue weighted by atomic mass is 32.1. The third-order valence-corrected chi connectivity index (χ3v) is 4.83. The van der Waals surface area contributed by atoms with Crippen LogP contribution < -0.4 is 10.2 Å². The molecule has 0 aliphatic carbocycles. The predicted octanol–water partition coefficient (Wildman–Crippen LogP) is 2.58. The summed E-state index contributed by atoms with van der Waals surface area (Å²) in [7, 11) is 1.50. The zero-order valence-corrected chi connectivity index (χ0v) is 12.9. The highest BCUT2D eigenvalue weighted by molar-refractivity contribution is 7.10. The molecule has 3 rings (SSSR count). The Bertz CT molecular complexity index is 741. The molecule has 0 fully saturated rings. The van der Waals surface area contributed by atoms with E-state index in [0.717, 1.165) is 13.0 Å². The number of hydrogen-bond donors (Lipinski definition) is 1. The number of hydrogen-bond acceptors (Lipinski definition) is 5. The first-order valence-electron chi connectivity index (χ1n) is 6.91. The fourth-order valence-corrected chi connectivity index (χ4v) is 3.57. The lowest BCUT2D eigenvalue weighted by atomic mass is 10.1. The first-order valence-corrected chi connectivity index (χ1v) is 7.79. The average molecular weight is 317 g/mol. The summed E-state index contributed by atoms with van der Waals surface area (Å²) < 4.78 is 0. The van der Waals surface area contributed by atoms with E-state index in [1.165, 1.54) is 23.6 Å². The minimum atomic E-state index is -0.426. The van der Waals surface area contributed by atoms with E-state index in [2.05, 4.69) is 16.8 Å². The van der Waals surface area contributed by atoms with Crippen LogP contribution in [0.4, 0.5) is 11.4 Å². The molecule has 2 heterocycles. The normalized spacial score (nSPS) is 13.6. The Labute approximate surface area is 131 Å². The van der Waals surface area contributed by atoms with E-state index in [9.17, 15) is 14.9 Å². The van der Waals surface area contributed by atoms with Crippen molar-refractivity contribution in [3.05, 3.63) is 55.8 Å². The second kappa shape index (κ2) is 5.76. The summed E-state index contributed by atoms with van der Waals surface area (Å²) in [4.78, 5) is 26.0. The molecule has 0 unspecified atom stereocenters. The second-order valence-corrected chi connectivity index (χ2v) is 6.08. The van der Waals surface area contributed by atoms with E-state index in [1.807, 2.05) is 4.90 Å². The van der Waals surface area contributed by atoms with Crippen molar-refractivity contribution in [2.75, 3.05) is 18.5 Å². The van der Waals surface area contributed by atoms with Crippen LogP contribution in [0.5, 0.6) is 0 Å². The van der Waals surface area contributed by atoms with Gasteiger partial charge in [-0.05, 0) is 35.6 Å². The fraction of sp³-hybridized carbons (Fsp3) is 0.267. The maximum atomic E-state index is 11.7. The number of rotatable bonds is 3. The smallest absolute Gasteiger partial charge is 0.293 e. The number of nitrogens with one attached hydrogen (secondary N) is 1. The van der Waals surface area contributed by atoms with Gasteiger partial charge in [0.2, 0.25) is 0 Å². The highest BCUT2D eigenvalue weighted by Crippen LogP contribution is 2.34. The number of benzene rings is 1. The van der Waals surface area contributed by atoms with Crippen molar-refractivity contribution < 1.29 is 9.72 Å². The molecule has 1 aromatic carbocycles. The van der Waals surface area contributed by atoms with E-state index < -0.39 is 4.92 Å². The summed E-state index contributed by atoms with van der Waals surface area (Å²) in [6.45, 7) is 1.41. The van der Waals surface area contributed by atoms with Gasteiger partial charge in [0.1, 0.15) is 5.69 Å². The minimum absolute atomic E-state index is 0.0280. The molecule has 22 heavy (non-hydrogen) atoms. The van der Waals surface area contributed by atoms with Crippen molar-refractivity contribution in [2.24, 2.45) is 0 Å². The summed E-state index contributed by atoms with van der Waals surface area (Å²) in [5.74, 6) is -0.326. The lowest BCUT2D eigenvalue weighted by Gasteiger charge is -2.28. The van der Waals surface area contributed by atoms with Gasteiger partial charge in [0, 0.05) is 36.6 Å². The first-order chi connectivity index (χ1) is 10.6. The van der Waals surface area contributed by atoms with Crippen LogP contribution in [0.2, 0.25) is 0 Å². The van der Waals surface area contributed by atoms with Crippen molar-refractivity contribution in [3.8, 4) is 0 Å². The van der Waals surface area contributed by atoms with Gasteiger partial charge in [-0.15, -0.1) is 11.3 Å². The number of thiophene rings is 1. The lowest BCUT2D eigenvalue weighted by Crippen LogP contribution is -2.30. The molecule has 6 nitrogen and oxygen atoms in total. The number of carbonyl (C=O) groups is 1. The third-order valence-electron chi connectivity index (χ3n) is 3.81. The molecule has 1 N–H and O–H groups in total. The molecule has 1 aliphatic heterocycles. The number of nitro benzene ring substituents is 1. The van der Waals surface area contributed by atoms with Crippen LogP contribution in [-0.4, -0.2) is 24.4 Å². The Morgan fingerprint density at radius 3 is 2.95 bits per heavy atom. The van der Waals surface area contributed by atoms with Gasteiger partial charge in [-0.25, -0.2) is 0 Å². The van der Waals surface area contributed by atoms with Crippen LogP contribution >= 0.6 is 11.3 Å². The number of anilines is 1. The molecule has 0 bridgehead atoms. The van der Waals surface area contributed by atoms with Gasteiger partial charge in [-0.2, -0.15) is 0 Å². The van der Waals surface area contributed by atoms with E-state index in [0.29, 0.717) is 17.8 Å². The van der Waals surface area contributed by atoms with E-state index in [4.69, 9.17) is 0 Å². The Hall–Kier alpha value is -2.41. The quantitative estimate of drug-likeness (QED) is 0.697. The van der Waals surface area contributed by atoms with Crippen LogP contribution in [0.1, 0.15) is 20.8 Å². The van der Waals surface area contributed by atoms with Gasteiger partial charge in [0.15, 0.2) is 0 Å². The van der Waals surface area contributed by atoms with Crippen LogP contribution in [0.3, 0.4) is 0 Å². The van der Waals surface area contributed by atoms with Gasteiger partial charge in [-0.1, -0.05) is 0 Å². The zero-order valence-electron chi connectivity index (χ0n) is 12.0. The van der Waals surface area contributed by atoms with E-state index in [1.54, 1.807) is 23.5 Å². The van der Waals surface area contributed by atoms with Crippen molar-refractivity contribution in [3.63, 3.8) is 0 Å². The largest absolute Gasteiger partial charge is 0.361 e.